The minimum Gasteiger partial charge on any atom is -0.351 e. The normalized spacial score (nSPS) is 12.0. The van der Waals surface area contributed by atoms with Gasteiger partial charge in [0.1, 0.15) is 5.82 Å². The lowest BCUT2D eigenvalue weighted by Gasteiger charge is -2.11. The first-order chi connectivity index (χ1) is 10.0. The van der Waals surface area contributed by atoms with E-state index < -0.39 is 0 Å². The maximum atomic E-state index is 12.8. The van der Waals surface area contributed by atoms with E-state index in [2.05, 4.69) is 26.2 Å². The fraction of sp³-hybridized carbons (Fsp3) is 0.200. The molecule has 3 nitrogen and oxygen atoms in total. The summed E-state index contributed by atoms with van der Waals surface area (Å²) in [6.07, 6.45) is 1.70. The summed E-state index contributed by atoms with van der Waals surface area (Å²) in [6, 6.07) is 9.82. The van der Waals surface area contributed by atoms with E-state index in [9.17, 15) is 9.18 Å². The number of benzene rings is 1. The van der Waals surface area contributed by atoms with Gasteiger partial charge in [0, 0.05) is 17.2 Å². The van der Waals surface area contributed by atoms with Gasteiger partial charge < -0.3 is 5.32 Å². The monoisotopic (exact) mass is 368 g/mol. The van der Waals surface area contributed by atoms with Crippen LogP contribution in [0.3, 0.4) is 0 Å². The summed E-state index contributed by atoms with van der Waals surface area (Å²) in [5.41, 5.74) is 0.865. The predicted molar refractivity (Wildman–Crippen MR) is 85.5 cm³/mol. The number of pyridine rings is 1. The molecule has 0 aliphatic heterocycles. The molecule has 21 heavy (non-hydrogen) atoms. The van der Waals surface area contributed by atoms with E-state index in [-0.39, 0.29) is 17.0 Å². The van der Waals surface area contributed by atoms with Crippen LogP contribution in [0.25, 0.3) is 0 Å². The van der Waals surface area contributed by atoms with Gasteiger partial charge in [0.15, 0.2) is 0 Å². The zero-order chi connectivity index (χ0) is 15.2. The Bertz CT molecular complexity index is 604. The van der Waals surface area contributed by atoms with Crippen molar-refractivity contribution in [3.05, 3.63) is 58.4 Å². The second kappa shape index (κ2) is 7.56. The molecule has 0 saturated carbocycles. The van der Waals surface area contributed by atoms with Gasteiger partial charge in [-0.2, -0.15) is 0 Å². The Morgan fingerprint density at radius 1 is 1.33 bits per heavy atom. The summed E-state index contributed by atoms with van der Waals surface area (Å²) in [7, 11) is 0. The Morgan fingerprint density at radius 3 is 2.67 bits per heavy atom. The molecular formula is C15H14BrFN2OS. The summed E-state index contributed by atoms with van der Waals surface area (Å²) >= 11 is 4.71. The molecule has 0 fully saturated rings. The highest BCUT2D eigenvalue weighted by Gasteiger charge is 2.14. The van der Waals surface area contributed by atoms with Crippen molar-refractivity contribution in [2.45, 2.75) is 23.7 Å². The number of carbonyl (C=O) groups is 1. The van der Waals surface area contributed by atoms with Gasteiger partial charge in [-0.05, 0) is 52.7 Å². The Kier molecular flexibility index (Phi) is 5.76. The van der Waals surface area contributed by atoms with Crippen molar-refractivity contribution >= 4 is 33.6 Å². The van der Waals surface area contributed by atoms with E-state index in [1.807, 2.05) is 19.1 Å². The van der Waals surface area contributed by atoms with E-state index in [0.29, 0.717) is 6.54 Å². The number of hydrogen-bond acceptors (Lipinski definition) is 3. The Balaban J connectivity index is 1.84. The minimum absolute atomic E-state index is 0.0750. The molecule has 0 aliphatic carbocycles. The molecule has 2 aromatic rings. The first-order valence-electron chi connectivity index (χ1n) is 6.35. The average molecular weight is 369 g/mol. The number of nitrogens with zero attached hydrogens (tertiary/aromatic N) is 1. The summed E-state index contributed by atoms with van der Waals surface area (Å²) in [5, 5.41) is 3.37. The predicted octanol–water partition coefficient (Wildman–Crippen LogP) is 3.78. The molecule has 110 valence electrons. The summed E-state index contributed by atoms with van der Waals surface area (Å²) < 4.78 is 13.7. The van der Waals surface area contributed by atoms with Crippen molar-refractivity contribution in [2.24, 2.45) is 0 Å². The zero-order valence-electron chi connectivity index (χ0n) is 11.3. The third kappa shape index (κ3) is 5.13. The van der Waals surface area contributed by atoms with Crippen molar-refractivity contribution in [2.75, 3.05) is 0 Å². The van der Waals surface area contributed by atoms with Crippen molar-refractivity contribution in [1.29, 1.82) is 0 Å². The molecule has 0 radical (unpaired) electrons. The highest BCUT2D eigenvalue weighted by molar-refractivity contribution is 9.10. The molecule has 1 aromatic carbocycles. The SMILES string of the molecule is CC(Sc1ccc(Br)cn1)C(=O)NCc1ccc(F)cc1. The van der Waals surface area contributed by atoms with E-state index in [1.54, 1.807) is 18.3 Å². The molecule has 1 unspecified atom stereocenters. The van der Waals surface area contributed by atoms with Gasteiger partial charge in [-0.25, -0.2) is 9.37 Å². The van der Waals surface area contributed by atoms with Crippen LogP contribution in [0.2, 0.25) is 0 Å². The summed E-state index contributed by atoms with van der Waals surface area (Å²) in [6.45, 7) is 2.21. The van der Waals surface area contributed by atoms with Crippen LogP contribution in [0.1, 0.15) is 12.5 Å². The minimum atomic E-state index is -0.282. The van der Waals surface area contributed by atoms with Crippen LogP contribution in [0.4, 0.5) is 4.39 Å². The van der Waals surface area contributed by atoms with Gasteiger partial charge >= 0.3 is 0 Å². The summed E-state index contributed by atoms with van der Waals surface area (Å²) in [5.74, 6) is -0.357. The first-order valence-corrected chi connectivity index (χ1v) is 8.02. The van der Waals surface area contributed by atoms with Gasteiger partial charge in [0.2, 0.25) is 5.91 Å². The van der Waals surface area contributed by atoms with Crippen molar-refractivity contribution < 1.29 is 9.18 Å². The Morgan fingerprint density at radius 2 is 2.05 bits per heavy atom. The molecular weight excluding hydrogens is 355 g/mol. The second-order valence-electron chi connectivity index (χ2n) is 4.42. The molecule has 1 heterocycles. The smallest absolute Gasteiger partial charge is 0.233 e. The Labute approximate surface area is 135 Å². The number of amides is 1. The van der Waals surface area contributed by atoms with Gasteiger partial charge in [-0.15, -0.1) is 0 Å². The highest BCUT2D eigenvalue weighted by atomic mass is 79.9. The third-order valence-corrected chi connectivity index (χ3v) is 4.27. The maximum absolute atomic E-state index is 12.8. The van der Waals surface area contributed by atoms with Crippen LogP contribution in [-0.2, 0) is 11.3 Å². The van der Waals surface area contributed by atoms with Crippen molar-refractivity contribution in [1.82, 2.24) is 10.3 Å². The quantitative estimate of drug-likeness (QED) is 0.816. The lowest BCUT2D eigenvalue weighted by molar-refractivity contribution is -0.120. The van der Waals surface area contributed by atoms with Gasteiger partial charge in [-0.1, -0.05) is 23.9 Å². The maximum Gasteiger partial charge on any atom is 0.233 e. The standard InChI is InChI=1S/C15H14BrFN2OS/c1-10(21-14-7-4-12(16)9-18-14)15(20)19-8-11-2-5-13(17)6-3-11/h2-7,9-10H,8H2,1H3,(H,19,20). The van der Waals surface area contributed by atoms with Crippen LogP contribution < -0.4 is 5.32 Å². The van der Waals surface area contributed by atoms with E-state index >= 15 is 0 Å². The van der Waals surface area contributed by atoms with Crippen LogP contribution in [-0.4, -0.2) is 16.1 Å². The van der Waals surface area contributed by atoms with Crippen LogP contribution in [0.15, 0.2) is 52.1 Å². The van der Waals surface area contributed by atoms with Crippen molar-refractivity contribution in [3.63, 3.8) is 0 Å². The number of rotatable bonds is 5. The molecule has 1 N–H and O–H groups in total. The lowest BCUT2D eigenvalue weighted by Crippen LogP contribution is -2.30. The number of aromatic nitrogens is 1. The van der Waals surface area contributed by atoms with E-state index in [4.69, 9.17) is 0 Å². The molecule has 0 aliphatic rings. The topological polar surface area (TPSA) is 42.0 Å². The molecule has 2 rings (SSSR count). The number of nitrogens with one attached hydrogen (secondary N) is 1. The second-order valence-corrected chi connectivity index (χ2v) is 6.70. The average Bonchev–Trinajstić information content (AvgIpc) is 2.48. The van der Waals surface area contributed by atoms with Crippen LogP contribution >= 0.6 is 27.7 Å². The fourth-order valence-corrected chi connectivity index (χ4v) is 2.65. The molecule has 0 bridgehead atoms. The van der Waals surface area contributed by atoms with E-state index in [0.717, 1.165) is 15.1 Å². The fourth-order valence-electron chi connectivity index (χ4n) is 1.60. The largest absolute Gasteiger partial charge is 0.351 e. The highest BCUT2D eigenvalue weighted by Crippen LogP contribution is 2.22. The number of halogens is 2. The van der Waals surface area contributed by atoms with Crippen LogP contribution in [0.5, 0.6) is 0 Å². The van der Waals surface area contributed by atoms with Crippen LogP contribution in [0, 0.1) is 5.82 Å². The van der Waals surface area contributed by atoms with Gasteiger partial charge in [0.05, 0.1) is 10.3 Å². The first kappa shape index (κ1) is 16.0. The molecule has 0 spiro atoms. The molecule has 1 amide bonds. The number of thioether (sulfide) groups is 1. The molecule has 0 saturated heterocycles. The lowest BCUT2D eigenvalue weighted by atomic mass is 10.2. The van der Waals surface area contributed by atoms with E-state index in [1.165, 1.54) is 23.9 Å². The van der Waals surface area contributed by atoms with Crippen molar-refractivity contribution in [3.8, 4) is 0 Å². The van der Waals surface area contributed by atoms with Gasteiger partial charge in [0.25, 0.3) is 0 Å². The third-order valence-electron chi connectivity index (χ3n) is 2.75. The molecule has 1 aromatic heterocycles. The Hall–Kier alpha value is -1.40. The number of carbonyl (C=O) groups excluding carboxylic acids is 1. The molecule has 6 heteroatoms. The molecule has 1 atom stereocenters. The summed E-state index contributed by atoms with van der Waals surface area (Å²) in [4.78, 5) is 16.2. The number of hydrogen-bond donors (Lipinski definition) is 1. The zero-order valence-corrected chi connectivity index (χ0v) is 13.7. The van der Waals surface area contributed by atoms with Gasteiger partial charge in [-0.3, -0.25) is 4.79 Å².